The smallest absolute Gasteiger partial charge is 0.321 e. The Morgan fingerprint density at radius 1 is 0.837 bits per heavy atom. The first kappa shape index (κ1) is 36.1. The first-order chi connectivity index (χ1) is 23.1. The molecule has 0 fully saturated rings. The number of hydrogen-bond donors (Lipinski definition) is 3. The number of carbonyl (C=O) groups excluding carboxylic acids is 3. The Bertz CT molecular complexity index is 1940. The number of nitrogens with one attached hydrogen (secondary N) is 3. The minimum absolute atomic E-state index is 0.00385. The van der Waals surface area contributed by atoms with Crippen LogP contribution in [0.25, 0.3) is 6.08 Å². The van der Waals surface area contributed by atoms with Gasteiger partial charge in [-0.15, -0.1) is 11.8 Å². The minimum Gasteiger partial charge on any atom is -0.321 e. The molecule has 0 aliphatic rings. The summed E-state index contributed by atoms with van der Waals surface area (Å²) in [5.41, 5.74) is -5.01. The molecule has 0 heterocycles. The van der Waals surface area contributed by atoms with Crippen molar-refractivity contribution in [2.75, 3.05) is 10.6 Å². The Labute approximate surface area is 276 Å². The van der Waals surface area contributed by atoms with Crippen LogP contribution < -0.4 is 16.0 Å². The number of carbonyl (C=O) groups is 3. The van der Waals surface area contributed by atoms with Crippen LogP contribution >= 0.6 is 11.8 Å². The van der Waals surface area contributed by atoms with Gasteiger partial charge in [0.2, 0.25) is 5.91 Å². The van der Waals surface area contributed by atoms with Crippen LogP contribution in [0.5, 0.6) is 0 Å². The molecule has 4 aromatic rings. The summed E-state index contributed by atoms with van der Waals surface area (Å²) < 4.78 is 95.2. The van der Waals surface area contributed by atoms with Crippen LogP contribution in [0.3, 0.4) is 0 Å². The molecular formula is C32H21F7N4O5S. The minimum atomic E-state index is -5.76. The SMILES string of the molecule is CC(Sc1cccc(NC(=O)/C(=C\c2ccccc2[N+](=O)[O-])NC(=O)c2ccccc2)c1)C(=O)Nc1c(F)c(F)c(C(F)(F)F)c(F)c1F. The van der Waals surface area contributed by atoms with Crippen molar-refractivity contribution in [3.63, 3.8) is 0 Å². The number of halogens is 7. The summed E-state index contributed by atoms with van der Waals surface area (Å²) in [5.74, 6) is -13.2. The van der Waals surface area contributed by atoms with Gasteiger partial charge in [0.25, 0.3) is 17.5 Å². The Morgan fingerprint density at radius 2 is 1.45 bits per heavy atom. The lowest BCUT2D eigenvalue weighted by Gasteiger charge is -2.17. The van der Waals surface area contributed by atoms with E-state index >= 15 is 0 Å². The molecule has 0 saturated carbocycles. The molecule has 3 N–H and O–H groups in total. The molecule has 0 radical (unpaired) electrons. The van der Waals surface area contributed by atoms with Crippen LogP contribution in [0.15, 0.2) is 89.5 Å². The van der Waals surface area contributed by atoms with E-state index in [1.165, 1.54) is 67.6 Å². The summed E-state index contributed by atoms with van der Waals surface area (Å²) >= 11 is 0.729. The predicted molar refractivity (Wildman–Crippen MR) is 165 cm³/mol. The third-order valence-electron chi connectivity index (χ3n) is 6.53. The van der Waals surface area contributed by atoms with Crippen LogP contribution in [-0.2, 0) is 15.8 Å². The Morgan fingerprint density at radius 3 is 2.06 bits per heavy atom. The Hall–Kier alpha value is -5.71. The van der Waals surface area contributed by atoms with Gasteiger partial charge in [-0.2, -0.15) is 13.2 Å². The number of thioether (sulfide) groups is 1. The fourth-order valence-corrected chi connectivity index (χ4v) is 5.12. The summed E-state index contributed by atoms with van der Waals surface area (Å²) in [7, 11) is 0. The second-order valence-electron chi connectivity index (χ2n) is 9.93. The molecule has 0 aliphatic heterocycles. The molecule has 0 aliphatic carbocycles. The average molecular weight is 707 g/mol. The fraction of sp³-hybridized carbons (Fsp3) is 0.0938. The van der Waals surface area contributed by atoms with E-state index in [4.69, 9.17) is 0 Å². The van der Waals surface area contributed by atoms with Crippen molar-refractivity contribution in [1.82, 2.24) is 5.32 Å². The van der Waals surface area contributed by atoms with Gasteiger partial charge in [0, 0.05) is 22.2 Å². The van der Waals surface area contributed by atoms with Crippen molar-refractivity contribution < 1.29 is 50.0 Å². The van der Waals surface area contributed by atoms with Crippen LogP contribution in [-0.4, -0.2) is 27.9 Å². The zero-order valence-corrected chi connectivity index (χ0v) is 25.5. The topological polar surface area (TPSA) is 130 Å². The number of anilines is 2. The molecule has 9 nitrogen and oxygen atoms in total. The summed E-state index contributed by atoms with van der Waals surface area (Å²) in [6, 6.07) is 18.8. The van der Waals surface area contributed by atoms with Crippen LogP contribution in [0.2, 0.25) is 0 Å². The number of nitro groups is 1. The van der Waals surface area contributed by atoms with Crippen molar-refractivity contribution in [2.45, 2.75) is 23.2 Å². The van der Waals surface area contributed by atoms with Gasteiger partial charge in [-0.25, -0.2) is 17.6 Å². The first-order valence-electron chi connectivity index (χ1n) is 13.7. The Kier molecular flexibility index (Phi) is 11.1. The standard InChI is InChI=1S/C32H21F7N4O5S/c1-16(29(44)42-28-26(35)24(33)23(32(37,38)39)25(34)27(28)36)49-20-12-7-11-19(15-20)40-31(46)21(41-30(45)17-8-3-2-4-9-17)14-18-10-5-6-13-22(18)43(47)48/h2-16H,1H3,(H,40,46)(H,41,45)(H,42,44)/b21-14+. The van der Waals surface area contributed by atoms with Crippen molar-refractivity contribution in [2.24, 2.45) is 0 Å². The van der Waals surface area contributed by atoms with E-state index in [9.17, 15) is 55.2 Å². The molecule has 0 bridgehead atoms. The lowest BCUT2D eigenvalue weighted by molar-refractivity contribution is -0.385. The van der Waals surface area contributed by atoms with Gasteiger partial charge in [-0.05, 0) is 49.4 Å². The monoisotopic (exact) mass is 706 g/mol. The maximum absolute atomic E-state index is 14.3. The molecular weight excluding hydrogens is 685 g/mol. The van der Waals surface area contributed by atoms with Gasteiger partial charge in [-0.3, -0.25) is 24.5 Å². The van der Waals surface area contributed by atoms with Gasteiger partial charge in [0.1, 0.15) is 16.9 Å². The number of benzene rings is 4. The van der Waals surface area contributed by atoms with E-state index in [-0.39, 0.29) is 33.1 Å². The number of hydrogen-bond acceptors (Lipinski definition) is 6. The van der Waals surface area contributed by atoms with Gasteiger partial charge in [0.15, 0.2) is 23.3 Å². The zero-order chi connectivity index (χ0) is 36.0. The normalized spacial score (nSPS) is 12.2. The summed E-state index contributed by atoms with van der Waals surface area (Å²) in [5, 5.41) is 16.8. The lowest BCUT2D eigenvalue weighted by atomic mass is 10.1. The molecule has 3 amide bonds. The summed E-state index contributed by atoms with van der Waals surface area (Å²) in [6.45, 7) is 1.21. The number of alkyl halides is 3. The molecule has 49 heavy (non-hydrogen) atoms. The van der Waals surface area contributed by atoms with Gasteiger partial charge >= 0.3 is 6.18 Å². The number of para-hydroxylation sites is 1. The molecule has 1 atom stereocenters. The van der Waals surface area contributed by atoms with E-state index in [2.05, 4.69) is 10.6 Å². The maximum atomic E-state index is 14.3. The molecule has 0 aromatic heterocycles. The van der Waals surface area contributed by atoms with E-state index in [1.54, 1.807) is 23.5 Å². The maximum Gasteiger partial charge on any atom is 0.422 e. The van der Waals surface area contributed by atoms with Crippen molar-refractivity contribution >= 4 is 52.6 Å². The highest BCUT2D eigenvalue weighted by atomic mass is 32.2. The molecule has 4 aromatic carbocycles. The quantitative estimate of drug-likeness (QED) is 0.0387. The van der Waals surface area contributed by atoms with E-state index in [1.807, 2.05) is 0 Å². The van der Waals surface area contributed by atoms with Crippen molar-refractivity contribution in [3.8, 4) is 0 Å². The number of rotatable bonds is 10. The van der Waals surface area contributed by atoms with Crippen LogP contribution in [0, 0.1) is 33.4 Å². The highest BCUT2D eigenvalue weighted by molar-refractivity contribution is 8.00. The van der Waals surface area contributed by atoms with Crippen molar-refractivity contribution in [1.29, 1.82) is 0 Å². The second-order valence-corrected chi connectivity index (χ2v) is 11.3. The predicted octanol–water partition coefficient (Wildman–Crippen LogP) is 7.70. The van der Waals surface area contributed by atoms with Gasteiger partial charge in [-0.1, -0.05) is 36.4 Å². The molecule has 0 spiro atoms. The first-order valence-corrected chi connectivity index (χ1v) is 14.6. The van der Waals surface area contributed by atoms with E-state index < -0.39 is 68.6 Å². The highest BCUT2D eigenvalue weighted by Crippen LogP contribution is 2.39. The third-order valence-corrected chi connectivity index (χ3v) is 7.62. The average Bonchev–Trinajstić information content (AvgIpc) is 3.05. The summed E-state index contributed by atoms with van der Waals surface area (Å²) in [6.07, 6.45) is -4.66. The Balaban J connectivity index is 1.54. The molecule has 0 saturated heterocycles. The van der Waals surface area contributed by atoms with E-state index in [0.717, 1.165) is 17.8 Å². The van der Waals surface area contributed by atoms with Crippen LogP contribution in [0.1, 0.15) is 28.4 Å². The van der Waals surface area contributed by atoms with Crippen LogP contribution in [0.4, 0.5) is 47.8 Å². The van der Waals surface area contributed by atoms with Gasteiger partial charge in [0.05, 0.1) is 15.7 Å². The molecule has 4 rings (SSSR count). The largest absolute Gasteiger partial charge is 0.422 e. The molecule has 254 valence electrons. The van der Waals surface area contributed by atoms with E-state index in [0.29, 0.717) is 0 Å². The second kappa shape index (κ2) is 15.0. The third kappa shape index (κ3) is 8.61. The van der Waals surface area contributed by atoms with Crippen molar-refractivity contribution in [3.05, 3.63) is 135 Å². The number of amides is 3. The number of nitro benzene ring substituents is 1. The fourth-order valence-electron chi connectivity index (χ4n) is 4.19. The summed E-state index contributed by atoms with van der Waals surface area (Å²) in [4.78, 5) is 50.0. The highest BCUT2D eigenvalue weighted by Gasteiger charge is 2.42. The molecule has 1 unspecified atom stereocenters. The molecule has 17 heteroatoms. The zero-order valence-electron chi connectivity index (χ0n) is 24.7. The lowest BCUT2D eigenvalue weighted by Crippen LogP contribution is -2.30. The van der Waals surface area contributed by atoms with Gasteiger partial charge < -0.3 is 16.0 Å². The number of nitrogens with zero attached hydrogens (tertiary/aromatic N) is 1.